The molecule has 3 aromatic rings. The Morgan fingerprint density at radius 3 is 2.76 bits per heavy atom. The highest BCUT2D eigenvalue weighted by atomic mass is 35.5. The lowest BCUT2D eigenvalue weighted by Crippen LogP contribution is -2.45. The molecule has 0 radical (unpaired) electrons. The van der Waals surface area contributed by atoms with Crippen molar-refractivity contribution in [2.45, 2.75) is 33.2 Å². The number of carbonyl (C=O) groups excluding carboxylic acids is 2. The van der Waals surface area contributed by atoms with Crippen LogP contribution in [0.5, 0.6) is 0 Å². The number of fused-ring (bicyclic) bond motifs is 1. The molecule has 1 saturated heterocycles. The first-order chi connectivity index (χ1) is 15.8. The fourth-order valence-electron chi connectivity index (χ4n) is 4.90. The van der Waals surface area contributed by atoms with Crippen LogP contribution in [0, 0.1) is 32.6 Å². The van der Waals surface area contributed by atoms with E-state index in [-0.39, 0.29) is 17.9 Å². The number of hydrogen-bond acceptors (Lipinski definition) is 4. The Labute approximate surface area is 202 Å². The Morgan fingerprint density at radius 1 is 1.18 bits per heavy atom. The monoisotopic (exact) mass is 479 g/mol. The molecule has 33 heavy (non-hydrogen) atoms. The van der Waals surface area contributed by atoms with Gasteiger partial charge in [-0.05, 0) is 62.3 Å². The molecule has 1 N–H and O–H groups in total. The van der Waals surface area contributed by atoms with Gasteiger partial charge in [0.05, 0.1) is 15.9 Å². The van der Waals surface area contributed by atoms with Crippen molar-refractivity contribution in [1.82, 2.24) is 15.2 Å². The van der Waals surface area contributed by atoms with Crippen LogP contribution in [0.1, 0.15) is 43.4 Å². The molecular weight excluding hydrogens is 454 g/mol. The van der Waals surface area contributed by atoms with Gasteiger partial charge in [-0.2, -0.15) is 0 Å². The van der Waals surface area contributed by atoms with Gasteiger partial charge in [0.15, 0.2) is 0 Å². The standard InChI is InChI=1S/C26H26ClN3O2S/c1-14-6-4-7-17(10-14)24-23(29-16(3)33-24)26(32)30-13-18-11-20(18)22(30)12-28-25(31)19-8-5-9-21(27)15(19)2/h4-10,18,20,22H,11-13H2,1-3H3,(H,28,31). The third-order valence-electron chi connectivity index (χ3n) is 6.76. The van der Waals surface area contributed by atoms with E-state index in [2.05, 4.69) is 16.4 Å². The molecular formula is C26H26ClN3O2S. The highest BCUT2D eigenvalue weighted by Crippen LogP contribution is 2.50. The maximum Gasteiger partial charge on any atom is 0.274 e. The number of piperidine rings is 1. The minimum atomic E-state index is -0.156. The van der Waals surface area contributed by atoms with Gasteiger partial charge in [0, 0.05) is 23.7 Å². The van der Waals surface area contributed by atoms with Gasteiger partial charge in [0.2, 0.25) is 0 Å². The average Bonchev–Trinajstić information content (AvgIpc) is 3.30. The minimum Gasteiger partial charge on any atom is -0.350 e. The number of thiazole rings is 1. The lowest BCUT2D eigenvalue weighted by Gasteiger charge is -2.27. The van der Waals surface area contributed by atoms with Crippen LogP contribution in [0.4, 0.5) is 0 Å². The Morgan fingerprint density at radius 2 is 1.97 bits per heavy atom. The molecule has 2 amide bonds. The maximum absolute atomic E-state index is 13.7. The van der Waals surface area contributed by atoms with Crippen LogP contribution in [-0.2, 0) is 0 Å². The van der Waals surface area contributed by atoms with Crippen LogP contribution >= 0.6 is 22.9 Å². The second-order valence-electron chi connectivity index (χ2n) is 9.09. The van der Waals surface area contributed by atoms with Crippen molar-refractivity contribution < 1.29 is 9.59 Å². The van der Waals surface area contributed by atoms with E-state index in [9.17, 15) is 9.59 Å². The zero-order valence-electron chi connectivity index (χ0n) is 18.9. The van der Waals surface area contributed by atoms with E-state index in [1.807, 2.05) is 43.9 Å². The number of nitrogens with one attached hydrogen (secondary N) is 1. The largest absolute Gasteiger partial charge is 0.350 e. The summed E-state index contributed by atoms with van der Waals surface area (Å²) in [6, 6.07) is 13.5. The van der Waals surface area contributed by atoms with E-state index in [4.69, 9.17) is 11.6 Å². The number of amides is 2. The molecule has 3 unspecified atom stereocenters. The summed E-state index contributed by atoms with van der Waals surface area (Å²) in [6.45, 7) is 6.99. The summed E-state index contributed by atoms with van der Waals surface area (Å²) in [7, 11) is 0. The zero-order chi connectivity index (χ0) is 23.3. The van der Waals surface area contributed by atoms with Gasteiger partial charge in [0.25, 0.3) is 11.8 Å². The van der Waals surface area contributed by atoms with Gasteiger partial charge < -0.3 is 10.2 Å². The number of hydrogen-bond donors (Lipinski definition) is 1. The van der Waals surface area contributed by atoms with E-state index in [1.54, 1.807) is 29.5 Å². The van der Waals surface area contributed by atoms with E-state index >= 15 is 0 Å². The molecule has 170 valence electrons. The predicted molar refractivity (Wildman–Crippen MR) is 132 cm³/mol. The molecule has 1 aliphatic carbocycles. The fraction of sp³-hybridized carbons (Fsp3) is 0.346. The van der Waals surface area contributed by atoms with E-state index in [0.717, 1.165) is 39.5 Å². The Bertz CT molecular complexity index is 1250. The molecule has 1 saturated carbocycles. The van der Waals surface area contributed by atoms with Crippen LogP contribution in [-0.4, -0.2) is 40.8 Å². The SMILES string of the molecule is Cc1cccc(-c2sc(C)nc2C(=O)N2CC3CC3C2CNC(=O)c2cccc(Cl)c2C)c1. The van der Waals surface area contributed by atoms with Crippen LogP contribution in [0.2, 0.25) is 5.02 Å². The summed E-state index contributed by atoms with van der Waals surface area (Å²) < 4.78 is 0. The third kappa shape index (κ3) is 4.18. The van der Waals surface area contributed by atoms with Crippen molar-refractivity contribution in [3.8, 4) is 10.4 Å². The number of rotatable bonds is 5. The molecule has 1 aromatic heterocycles. The molecule has 0 spiro atoms. The lowest BCUT2D eigenvalue weighted by atomic mass is 10.1. The fourth-order valence-corrected chi connectivity index (χ4v) is 5.98. The van der Waals surface area contributed by atoms with Gasteiger partial charge in [0.1, 0.15) is 5.69 Å². The van der Waals surface area contributed by atoms with Crippen molar-refractivity contribution in [2.24, 2.45) is 11.8 Å². The Kier molecular flexibility index (Phi) is 5.75. The quantitative estimate of drug-likeness (QED) is 0.541. The molecule has 2 aliphatic rings. The molecule has 3 atom stereocenters. The van der Waals surface area contributed by atoms with Crippen LogP contribution in [0.25, 0.3) is 10.4 Å². The van der Waals surface area contributed by atoms with Crippen molar-refractivity contribution >= 4 is 34.8 Å². The topological polar surface area (TPSA) is 62.3 Å². The van der Waals surface area contributed by atoms with E-state index in [1.165, 1.54) is 0 Å². The van der Waals surface area contributed by atoms with Gasteiger partial charge in [-0.1, -0.05) is 47.5 Å². The molecule has 5 nitrogen and oxygen atoms in total. The highest BCUT2D eigenvalue weighted by Gasteiger charge is 2.54. The normalized spacial score (nSPS) is 21.1. The smallest absolute Gasteiger partial charge is 0.274 e. The molecule has 2 aromatic carbocycles. The Balaban J connectivity index is 1.36. The predicted octanol–water partition coefficient (Wildman–Crippen LogP) is 5.28. The first-order valence-corrected chi connectivity index (χ1v) is 12.4. The molecule has 1 aliphatic heterocycles. The first kappa shape index (κ1) is 22.1. The number of aromatic nitrogens is 1. The van der Waals surface area contributed by atoms with Crippen molar-refractivity contribution in [3.05, 3.63) is 74.9 Å². The molecule has 2 fully saturated rings. The van der Waals surface area contributed by atoms with Crippen LogP contribution < -0.4 is 5.32 Å². The second kappa shape index (κ2) is 8.58. The lowest BCUT2D eigenvalue weighted by molar-refractivity contribution is 0.0690. The van der Waals surface area contributed by atoms with Gasteiger partial charge >= 0.3 is 0 Å². The summed E-state index contributed by atoms with van der Waals surface area (Å²) >= 11 is 7.74. The van der Waals surface area contributed by atoms with Crippen LogP contribution in [0.15, 0.2) is 42.5 Å². The molecule has 5 rings (SSSR count). The van der Waals surface area contributed by atoms with Gasteiger partial charge in [-0.3, -0.25) is 9.59 Å². The summed E-state index contributed by atoms with van der Waals surface area (Å²) in [5.41, 5.74) is 4.03. The number of likely N-dealkylation sites (tertiary alicyclic amines) is 1. The van der Waals surface area contributed by atoms with Crippen molar-refractivity contribution in [3.63, 3.8) is 0 Å². The number of aryl methyl sites for hydroxylation is 2. The van der Waals surface area contributed by atoms with Gasteiger partial charge in [-0.25, -0.2) is 4.98 Å². The summed E-state index contributed by atoms with van der Waals surface area (Å²) in [4.78, 5) is 34.0. The third-order valence-corrected chi connectivity index (χ3v) is 8.19. The van der Waals surface area contributed by atoms with Crippen LogP contribution in [0.3, 0.4) is 0 Å². The van der Waals surface area contributed by atoms with E-state index < -0.39 is 0 Å². The molecule has 2 heterocycles. The average molecular weight is 480 g/mol. The maximum atomic E-state index is 13.7. The summed E-state index contributed by atoms with van der Waals surface area (Å²) in [6.07, 6.45) is 1.11. The first-order valence-electron chi connectivity index (χ1n) is 11.2. The second-order valence-corrected chi connectivity index (χ2v) is 10.7. The van der Waals surface area contributed by atoms with Gasteiger partial charge in [-0.15, -0.1) is 11.3 Å². The zero-order valence-corrected chi connectivity index (χ0v) is 20.5. The summed E-state index contributed by atoms with van der Waals surface area (Å²) in [5, 5.41) is 4.50. The Hall–Kier alpha value is -2.70. The number of halogens is 1. The molecule has 0 bridgehead atoms. The van der Waals surface area contributed by atoms with Crippen molar-refractivity contribution in [2.75, 3.05) is 13.1 Å². The highest BCUT2D eigenvalue weighted by molar-refractivity contribution is 7.15. The summed E-state index contributed by atoms with van der Waals surface area (Å²) in [5.74, 6) is 0.764. The minimum absolute atomic E-state index is 0.0155. The number of nitrogens with zero attached hydrogens (tertiary/aromatic N) is 2. The number of carbonyl (C=O) groups is 2. The van der Waals surface area contributed by atoms with E-state index in [0.29, 0.717) is 34.7 Å². The number of benzene rings is 2. The molecule has 7 heteroatoms. The van der Waals surface area contributed by atoms with Crippen molar-refractivity contribution in [1.29, 1.82) is 0 Å².